The number of halogens is 1. The van der Waals surface area contributed by atoms with Crippen molar-refractivity contribution in [1.82, 2.24) is 4.90 Å². The van der Waals surface area contributed by atoms with Crippen LogP contribution in [-0.4, -0.2) is 29.5 Å². The van der Waals surface area contributed by atoms with Crippen molar-refractivity contribution in [2.75, 3.05) is 6.61 Å². The zero-order valence-corrected chi connectivity index (χ0v) is 13.0. The summed E-state index contributed by atoms with van der Waals surface area (Å²) in [6, 6.07) is 5.84. The predicted octanol–water partition coefficient (Wildman–Crippen LogP) is 3.67. The molecule has 1 aromatic carbocycles. The molecule has 1 rings (SSSR count). The minimum absolute atomic E-state index is 0.0134. The lowest BCUT2D eigenvalue weighted by atomic mass is 10.2. The lowest BCUT2D eigenvalue weighted by molar-refractivity contribution is -0.136. The third kappa shape index (κ3) is 4.43. The molecule has 0 saturated carbocycles. The van der Waals surface area contributed by atoms with E-state index in [1.54, 1.807) is 6.07 Å². The molecule has 3 nitrogen and oxygen atoms in total. The maximum absolute atomic E-state index is 12.2. The molecule has 0 aliphatic carbocycles. The van der Waals surface area contributed by atoms with Crippen molar-refractivity contribution in [3.8, 4) is 5.75 Å². The highest BCUT2D eigenvalue weighted by Gasteiger charge is 2.20. The fourth-order valence-corrected chi connectivity index (χ4v) is 2.28. The molecule has 0 N–H and O–H groups in total. The highest BCUT2D eigenvalue weighted by molar-refractivity contribution is 6.32. The zero-order valence-electron chi connectivity index (χ0n) is 12.2. The van der Waals surface area contributed by atoms with E-state index in [1.165, 1.54) is 0 Å². The van der Waals surface area contributed by atoms with Crippen LogP contribution in [0.15, 0.2) is 18.2 Å². The first-order valence-corrected chi connectivity index (χ1v) is 6.90. The average molecular weight is 284 g/mol. The van der Waals surface area contributed by atoms with Gasteiger partial charge < -0.3 is 9.64 Å². The number of carbonyl (C=O) groups excluding carboxylic acids is 1. The Balaban J connectivity index is 2.70. The number of rotatable bonds is 5. The Morgan fingerprint density at radius 3 is 2.37 bits per heavy atom. The summed E-state index contributed by atoms with van der Waals surface area (Å²) in [5.41, 5.74) is 1.05. The Bertz CT molecular complexity index is 436. The molecule has 0 saturated heterocycles. The van der Waals surface area contributed by atoms with Crippen molar-refractivity contribution >= 4 is 17.5 Å². The molecule has 106 valence electrons. The Kier molecular flexibility index (Phi) is 5.67. The van der Waals surface area contributed by atoms with E-state index in [4.69, 9.17) is 16.3 Å². The number of ether oxygens (including phenoxy) is 1. The Labute approximate surface area is 120 Å². The van der Waals surface area contributed by atoms with Gasteiger partial charge in [-0.1, -0.05) is 17.7 Å². The number of aryl methyl sites for hydroxylation is 1. The van der Waals surface area contributed by atoms with Crippen LogP contribution in [0, 0.1) is 6.92 Å². The van der Waals surface area contributed by atoms with Gasteiger partial charge in [0, 0.05) is 12.1 Å². The lowest BCUT2D eigenvalue weighted by Crippen LogP contribution is -2.44. The summed E-state index contributed by atoms with van der Waals surface area (Å²) < 4.78 is 5.54. The van der Waals surface area contributed by atoms with Crippen molar-refractivity contribution in [2.24, 2.45) is 0 Å². The van der Waals surface area contributed by atoms with Crippen LogP contribution in [0.2, 0.25) is 5.02 Å². The number of carbonyl (C=O) groups is 1. The first kappa shape index (κ1) is 15.8. The minimum atomic E-state index is -0.0254. The monoisotopic (exact) mass is 283 g/mol. The molecule has 0 spiro atoms. The molecule has 0 aromatic heterocycles. The molecule has 0 unspecified atom stereocenters. The number of nitrogens with zero attached hydrogens (tertiary/aromatic N) is 1. The van der Waals surface area contributed by atoms with E-state index >= 15 is 0 Å². The van der Waals surface area contributed by atoms with E-state index in [9.17, 15) is 4.79 Å². The third-order valence-electron chi connectivity index (χ3n) is 2.84. The minimum Gasteiger partial charge on any atom is -0.482 e. The number of hydrogen-bond acceptors (Lipinski definition) is 2. The molecule has 0 bridgehead atoms. The van der Waals surface area contributed by atoms with Crippen molar-refractivity contribution in [1.29, 1.82) is 0 Å². The van der Waals surface area contributed by atoms with Gasteiger partial charge >= 0.3 is 0 Å². The van der Waals surface area contributed by atoms with Gasteiger partial charge in [0.25, 0.3) is 5.91 Å². The van der Waals surface area contributed by atoms with E-state index in [0.717, 1.165) is 5.56 Å². The van der Waals surface area contributed by atoms with Gasteiger partial charge in [0.1, 0.15) is 5.75 Å². The highest BCUT2D eigenvalue weighted by Crippen LogP contribution is 2.25. The summed E-state index contributed by atoms with van der Waals surface area (Å²) in [4.78, 5) is 14.0. The van der Waals surface area contributed by atoms with Crippen LogP contribution in [0.4, 0.5) is 0 Å². The number of benzene rings is 1. The summed E-state index contributed by atoms with van der Waals surface area (Å²) in [6.07, 6.45) is 0. The van der Waals surface area contributed by atoms with Crippen molar-refractivity contribution in [2.45, 2.75) is 46.7 Å². The Morgan fingerprint density at radius 1 is 1.26 bits per heavy atom. The highest BCUT2D eigenvalue weighted by atomic mass is 35.5. The van der Waals surface area contributed by atoms with Crippen LogP contribution in [-0.2, 0) is 4.79 Å². The molecular weight excluding hydrogens is 262 g/mol. The molecule has 1 amide bonds. The molecule has 0 aliphatic rings. The normalized spacial score (nSPS) is 10.9. The first-order valence-electron chi connectivity index (χ1n) is 6.53. The van der Waals surface area contributed by atoms with Crippen LogP contribution in [0.25, 0.3) is 0 Å². The van der Waals surface area contributed by atoms with E-state index in [0.29, 0.717) is 10.8 Å². The van der Waals surface area contributed by atoms with E-state index in [2.05, 4.69) is 0 Å². The van der Waals surface area contributed by atoms with Crippen molar-refractivity contribution in [3.63, 3.8) is 0 Å². The third-order valence-corrected chi connectivity index (χ3v) is 3.15. The van der Waals surface area contributed by atoms with Crippen molar-refractivity contribution < 1.29 is 9.53 Å². The molecule has 0 fully saturated rings. The molecular formula is C15H22ClNO2. The molecule has 0 radical (unpaired) electrons. The maximum atomic E-state index is 12.2. The van der Waals surface area contributed by atoms with Crippen LogP contribution in [0.3, 0.4) is 0 Å². The molecule has 19 heavy (non-hydrogen) atoms. The average Bonchev–Trinajstić information content (AvgIpc) is 2.29. The predicted molar refractivity (Wildman–Crippen MR) is 78.8 cm³/mol. The standard InChI is InChI=1S/C15H22ClNO2/c1-10(2)17(11(3)4)15(18)9-19-14-8-12(5)6-7-13(14)16/h6-8,10-11H,9H2,1-5H3. The summed E-state index contributed by atoms with van der Waals surface area (Å²) in [5, 5.41) is 0.527. The van der Waals surface area contributed by atoms with E-state index in [1.807, 2.05) is 51.7 Å². The van der Waals surface area contributed by atoms with Crippen LogP contribution < -0.4 is 4.74 Å². The second-order valence-corrected chi connectivity index (χ2v) is 5.62. The summed E-state index contributed by atoms with van der Waals surface area (Å²) in [7, 11) is 0. The van der Waals surface area contributed by atoms with E-state index < -0.39 is 0 Å². The van der Waals surface area contributed by atoms with Gasteiger partial charge in [-0.15, -0.1) is 0 Å². The topological polar surface area (TPSA) is 29.5 Å². The zero-order chi connectivity index (χ0) is 14.6. The molecule has 0 heterocycles. The van der Waals surface area contributed by atoms with Gasteiger partial charge in [0.2, 0.25) is 0 Å². The van der Waals surface area contributed by atoms with Gasteiger partial charge in [-0.25, -0.2) is 0 Å². The van der Waals surface area contributed by atoms with Crippen molar-refractivity contribution in [3.05, 3.63) is 28.8 Å². The Morgan fingerprint density at radius 2 is 1.84 bits per heavy atom. The fraction of sp³-hybridized carbons (Fsp3) is 0.533. The molecule has 0 atom stereocenters. The van der Waals surface area contributed by atoms with Crippen LogP contribution >= 0.6 is 11.6 Å². The Hall–Kier alpha value is -1.22. The summed E-state index contributed by atoms with van der Waals surface area (Å²) in [5.74, 6) is 0.532. The molecule has 0 aliphatic heterocycles. The van der Waals surface area contributed by atoms with Crippen LogP contribution in [0.5, 0.6) is 5.75 Å². The van der Waals surface area contributed by atoms with Crippen LogP contribution in [0.1, 0.15) is 33.3 Å². The summed E-state index contributed by atoms with van der Waals surface area (Å²) in [6.45, 7) is 9.96. The number of hydrogen-bond donors (Lipinski definition) is 0. The second-order valence-electron chi connectivity index (χ2n) is 5.21. The molecule has 4 heteroatoms. The summed E-state index contributed by atoms with van der Waals surface area (Å²) >= 11 is 6.03. The lowest BCUT2D eigenvalue weighted by Gasteiger charge is -2.30. The van der Waals surface area contributed by atoms with Gasteiger partial charge in [-0.3, -0.25) is 4.79 Å². The van der Waals surface area contributed by atoms with Gasteiger partial charge in [0.15, 0.2) is 6.61 Å². The second kappa shape index (κ2) is 6.80. The van der Waals surface area contributed by atoms with Gasteiger partial charge in [-0.2, -0.15) is 0 Å². The van der Waals surface area contributed by atoms with E-state index in [-0.39, 0.29) is 24.6 Å². The van der Waals surface area contributed by atoms with Gasteiger partial charge in [-0.05, 0) is 52.3 Å². The van der Waals surface area contributed by atoms with Gasteiger partial charge in [0.05, 0.1) is 5.02 Å². The maximum Gasteiger partial charge on any atom is 0.260 e. The molecule has 1 aromatic rings. The quantitative estimate of drug-likeness (QED) is 0.825. The number of amides is 1. The first-order chi connectivity index (χ1) is 8.82. The SMILES string of the molecule is Cc1ccc(Cl)c(OCC(=O)N(C(C)C)C(C)C)c1. The fourth-order valence-electron chi connectivity index (χ4n) is 2.11. The smallest absolute Gasteiger partial charge is 0.260 e. The largest absolute Gasteiger partial charge is 0.482 e.